The number of carbonyl (C=O) groups excluding carboxylic acids is 1. The molecule has 0 radical (unpaired) electrons. The smallest absolute Gasteiger partial charge is 0.262 e. The SMILES string of the molecule is CCc1ccc(OCC(=O)Nc2cc(S(C)(=O)=O)ccc2O)cc1. The molecule has 0 unspecified atom stereocenters. The van der Waals surface area contributed by atoms with Gasteiger partial charge < -0.3 is 15.2 Å². The van der Waals surface area contributed by atoms with Gasteiger partial charge in [0.1, 0.15) is 11.5 Å². The van der Waals surface area contributed by atoms with Gasteiger partial charge in [-0.05, 0) is 42.3 Å². The van der Waals surface area contributed by atoms with Crippen molar-refractivity contribution in [1.82, 2.24) is 0 Å². The van der Waals surface area contributed by atoms with Crippen molar-refractivity contribution in [3.05, 3.63) is 48.0 Å². The van der Waals surface area contributed by atoms with Crippen LogP contribution in [0.3, 0.4) is 0 Å². The van der Waals surface area contributed by atoms with Crippen LogP contribution in [0, 0.1) is 0 Å². The van der Waals surface area contributed by atoms with E-state index in [1.165, 1.54) is 18.2 Å². The molecule has 1 amide bonds. The normalized spacial score (nSPS) is 11.1. The third-order valence-electron chi connectivity index (χ3n) is 3.37. The van der Waals surface area contributed by atoms with E-state index in [-0.39, 0.29) is 22.9 Å². The van der Waals surface area contributed by atoms with E-state index in [1.807, 2.05) is 19.1 Å². The van der Waals surface area contributed by atoms with E-state index >= 15 is 0 Å². The maximum absolute atomic E-state index is 11.9. The molecule has 0 atom stereocenters. The Labute approximate surface area is 141 Å². The van der Waals surface area contributed by atoms with E-state index in [0.717, 1.165) is 18.2 Å². The van der Waals surface area contributed by atoms with Crippen molar-refractivity contribution in [2.45, 2.75) is 18.2 Å². The molecule has 0 saturated carbocycles. The van der Waals surface area contributed by atoms with Gasteiger partial charge in [-0.15, -0.1) is 0 Å². The van der Waals surface area contributed by atoms with Gasteiger partial charge in [-0.1, -0.05) is 19.1 Å². The fraction of sp³-hybridized carbons (Fsp3) is 0.235. The van der Waals surface area contributed by atoms with Gasteiger partial charge in [0.05, 0.1) is 10.6 Å². The van der Waals surface area contributed by atoms with Crippen LogP contribution in [-0.2, 0) is 21.1 Å². The molecule has 2 rings (SSSR count). The largest absolute Gasteiger partial charge is 0.506 e. The first-order valence-electron chi connectivity index (χ1n) is 7.34. The molecule has 2 N–H and O–H groups in total. The Morgan fingerprint density at radius 2 is 1.83 bits per heavy atom. The number of benzene rings is 2. The summed E-state index contributed by atoms with van der Waals surface area (Å²) in [6.45, 7) is 1.79. The Hall–Kier alpha value is -2.54. The lowest BCUT2D eigenvalue weighted by Gasteiger charge is -2.10. The average molecular weight is 349 g/mol. The van der Waals surface area contributed by atoms with E-state index in [4.69, 9.17) is 4.74 Å². The summed E-state index contributed by atoms with van der Waals surface area (Å²) in [7, 11) is -3.43. The molecule has 0 saturated heterocycles. The fourth-order valence-electron chi connectivity index (χ4n) is 2.00. The first-order valence-corrected chi connectivity index (χ1v) is 9.23. The van der Waals surface area contributed by atoms with Gasteiger partial charge in [0.2, 0.25) is 0 Å². The zero-order valence-electron chi connectivity index (χ0n) is 13.4. The average Bonchev–Trinajstić information content (AvgIpc) is 2.54. The van der Waals surface area contributed by atoms with Crippen LogP contribution in [0.4, 0.5) is 5.69 Å². The number of hydrogen-bond donors (Lipinski definition) is 2. The zero-order chi connectivity index (χ0) is 17.7. The first-order chi connectivity index (χ1) is 11.3. The predicted octanol–water partition coefficient (Wildman–Crippen LogP) is 2.38. The van der Waals surface area contributed by atoms with Crippen LogP contribution in [0.25, 0.3) is 0 Å². The van der Waals surface area contributed by atoms with Crippen molar-refractivity contribution < 1.29 is 23.1 Å². The van der Waals surface area contributed by atoms with Gasteiger partial charge in [0.15, 0.2) is 16.4 Å². The van der Waals surface area contributed by atoms with Gasteiger partial charge in [-0.2, -0.15) is 0 Å². The Balaban J connectivity index is 2.01. The van der Waals surface area contributed by atoms with E-state index in [2.05, 4.69) is 5.32 Å². The number of hydrogen-bond acceptors (Lipinski definition) is 5. The fourth-order valence-corrected chi connectivity index (χ4v) is 2.65. The van der Waals surface area contributed by atoms with Crippen molar-refractivity contribution in [3.8, 4) is 11.5 Å². The summed E-state index contributed by atoms with van der Waals surface area (Å²) in [6.07, 6.45) is 1.96. The monoisotopic (exact) mass is 349 g/mol. The lowest BCUT2D eigenvalue weighted by Crippen LogP contribution is -2.20. The van der Waals surface area contributed by atoms with Crippen molar-refractivity contribution in [2.24, 2.45) is 0 Å². The van der Waals surface area contributed by atoms with Crippen LogP contribution in [0.15, 0.2) is 47.4 Å². The number of rotatable bonds is 6. The molecule has 0 aliphatic rings. The van der Waals surface area contributed by atoms with Gasteiger partial charge in [-0.25, -0.2) is 8.42 Å². The number of amides is 1. The maximum Gasteiger partial charge on any atom is 0.262 e. The number of aryl methyl sites for hydroxylation is 1. The minimum Gasteiger partial charge on any atom is -0.506 e. The minimum absolute atomic E-state index is 0.00618. The molecule has 0 aromatic heterocycles. The van der Waals surface area contributed by atoms with Gasteiger partial charge in [0, 0.05) is 6.26 Å². The third kappa shape index (κ3) is 4.73. The molecule has 24 heavy (non-hydrogen) atoms. The number of phenols is 1. The molecule has 0 heterocycles. The van der Waals surface area contributed by atoms with Crippen LogP contribution < -0.4 is 10.1 Å². The van der Waals surface area contributed by atoms with Crippen molar-refractivity contribution in [2.75, 3.05) is 18.2 Å². The molecule has 2 aromatic rings. The van der Waals surface area contributed by atoms with E-state index in [9.17, 15) is 18.3 Å². The van der Waals surface area contributed by atoms with Crippen LogP contribution in [0.5, 0.6) is 11.5 Å². The second kappa shape index (κ2) is 7.35. The lowest BCUT2D eigenvalue weighted by atomic mass is 10.2. The maximum atomic E-state index is 11.9. The summed E-state index contributed by atoms with van der Waals surface area (Å²) in [5.41, 5.74) is 1.18. The van der Waals surface area contributed by atoms with Gasteiger partial charge >= 0.3 is 0 Å². The number of ether oxygens (including phenoxy) is 1. The highest BCUT2D eigenvalue weighted by Crippen LogP contribution is 2.26. The highest BCUT2D eigenvalue weighted by molar-refractivity contribution is 7.90. The van der Waals surface area contributed by atoms with Crippen LogP contribution in [0.2, 0.25) is 0 Å². The molecule has 2 aromatic carbocycles. The molecule has 128 valence electrons. The van der Waals surface area contributed by atoms with Crippen molar-refractivity contribution in [1.29, 1.82) is 0 Å². The Morgan fingerprint density at radius 1 is 1.17 bits per heavy atom. The topological polar surface area (TPSA) is 92.7 Å². The van der Waals surface area contributed by atoms with E-state index in [0.29, 0.717) is 5.75 Å². The lowest BCUT2D eigenvalue weighted by molar-refractivity contribution is -0.118. The highest BCUT2D eigenvalue weighted by Gasteiger charge is 2.13. The molecule has 0 spiro atoms. The van der Waals surface area contributed by atoms with Gasteiger partial charge in [-0.3, -0.25) is 4.79 Å². The number of nitrogens with one attached hydrogen (secondary N) is 1. The summed E-state index contributed by atoms with van der Waals surface area (Å²) < 4.78 is 28.4. The Kier molecular flexibility index (Phi) is 5.46. The molecule has 7 heteroatoms. The van der Waals surface area contributed by atoms with E-state index < -0.39 is 15.7 Å². The summed E-state index contributed by atoms with van der Waals surface area (Å²) in [5.74, 6) is -0.171. The first kappa shape index (κ1) is 17.8. The summed E-state index contributed by atoms with van der Waals surface area (Å²) in [5, 5.41) is 12.2. The highest BCUT2D eigenvalue weighted by atomic mass is 32.2. The molecule has 6 nitrogen and oxygen atoms in total. The van der Waals surface area contributed by atoms with Crippen LogP contribution >= 0.6 is 0 Å². The summed E-state index contributed by atoms with van der Waals surface area (Å²) >= 11 is 0. The number of sulfone groups is 1. The quantitative estimate of drug-likeness (QED) is 0.781. The number of aromatic hydroxyl groups is 1. The molecular formula is C17H19NO5S. The molecule has 0 aliphatic carbocycles. The van der Waals surface area contributed by atoms with E-state index in [1.54, 1.807) is 12.1 Å². The molecule has 0 fully saturated rings. The zero-order valence-corrected chi connectivity index (χ0v) is 14.3. The number of carbonyl (C=O) groups is 1. The molecular weight excluding hydrogens is 330 g/mol. The van der Waals surface area contributed by atoms with Crippen LogP contribution in [-0.4, -0.2) is 32.3 Å². The molecule has 0 bridgehead atoms. The summed E-state index contributed by atoms with van der Waals surface area (Å²) in [6, 6.07) is 11.1. The number of phenolic OH excluding ortho intramolecular Hbond substituents is 1. The summed E-state index contributed by atoms with van der Waals surface area (Å²) in [4.78, 5) is 11.9. The second-order valence-corrected chi connectivity index (χ2v) is 7.30. The Morgan fingerprint density at radius 3 is 2.42 bits per heavy atom. The second-order valence-electron chi connectivity index (χ2n) is 5.29. The third-order valence-corrected chi connectivity index (χ3v) is 4.48. The predicted molar refractivity (Wildman–Crippen MR) is 91.2 cm³/mol. The van der Waals surface area contributed by atoms with Gasteiger partial charge in [0.25, 0.3) is 5.91 Å². The Bertz CT molecular complexity index is 829. The minimum atomic E-state index is -3.43. The van der Waals surface area contributed by atoms with Crippen molar-refractivity contribution >= 4 is 21.4 Å². The van der Waals surface area contributed by atoms with Crippen molar-refractivity contribution in [3.63, 3.8) is 0 Å². The number of anilines is 1. The van der Waals surface area contributed by atoms with Crippen LogP contribution in [0.1, 0.15) is 12.5 Å². The standard InChI is InChI=1S/C17H19NO5S/c1-3-12-4-6-13(7-5-12)23-11-17(20)18-15-10-14(24(2,21)22)8-9-16(15)19/h4-10,19H,3,11H2,1-2H3,(H,18,20). The molecule has 0 aliphatic heterocycles.